The zero-order chi connectivity index (χ0) is 17.7. The van der Waals surface area contributed by atoms with Crippen LogP contribution in [-0.4, -0.2) is 24.5 Å². The number of rotatable bonds is 6. The normalized spacial score (nSPS) is 11.4. The van der Waals surface area contributed by atoms with Crippen molar-refractivity contribution in [2.45, 2.75) is 25.8 Å². The molecular formula is C16H22ClN5O3. The largest absolute Gasteiger partial charge is 0.423 e. The lowest BCUT2D eigenvalue weighted by Crippen LogP contribution is -2.35. The highest BCUT2D eigenvalue weighted by Crippen LogP contribution is 2.20. The molecule has 2 aromatic rings. The first-order chi connectivity index (χ1) is 11.4. The maximum absolute atomic E-state index is 12.1. The third-order valence-corrected chi connectivity index (χ3v) is 3.52. The predicted molar refractivity (Wildman–Crippen MR) is 101 cm³/mol. The molecule has 0 spiro atoms. The SMILES string of the molecule is Cc1cc(=O)oc2cc(NC(=O)[C@@H](N)CCCN=C(N)N)ccc12.Cl. The van der Waals surface area contributed by atoms with E-state index in [0.29, 0.717) is 30.7 Å². The third kappa shape index (κ3) is 5.77. The summed E-state index contributed by atoms with van der Waals surface area (Å²) in [7, 11) is 0. The average Bonchev–Trinajstić information content (AvgIpc) is 2.50. The van der Waals surface area contributed by atoms with Crippen LogP contribution in [-0.2, 0) is 4.79 Å². The van der Waals surface area contributed by atoms with Gasteiger partial charge in [0.1, 0.15) is 5.58 Å². The molecule has 0 saturated carbocycles. The number of halogens is 1. The minimum atomic E-state index is -0.681. The van der Waals surface area contributed by atoms with Crippen LogP contribution in [0.4, 0.5) is 5.69 Å². The zero-order valence-corrected chi connectivity index (χ0v) is 14.6. The van der Waals surface area contributed by atoms with E-state index in [1.165, 1.54) is 6.07 Å². The van der Waals surface area contributed by atoms with Crippen molar-refractivity contribution in [3.8, 4) is 0 Å². The number of nitrogens with two attached hydrogens (primary N) is 3. The molecular weight excluding hydrogens is 346 g/mol. The number of carbonyl (C=O) groups is 1. The topological polar surface area (TPSA) is 150 Å². The Morgan fingerprint density at radius 3 is 2.72 bits per heavy atom. The molecule has 8 nitrogen and oxygen atoms in total. The summed E-state index contributed by atoms with van der Waals surface area (Å²) in [6, 6.07) is 5.87. The fraction of sp³-hybridized carbons (Fsp3) is 0.312. The van der Waals surface area contributed by atoms with Crippen LogP contribution in [0.15, 0.2) is 38.5 Å². The van der Waals surface area contributed by atoms with E-state index in [1.807, 2.05) is 6.92 Å². The number of anilines is 1. The van der Waals surface area contributed by atoms with Gasteiger partial charge in [0, 0.05) is 29.8 Å². The molecule has 7 N–H and O–H groups in total. The Balaban J connectivity index is 0.00000312. The van der Waals surface area contributed by atoms with Crippen LogP contribution in [0.3, 0.4) is 0 Å². The Hall–Kier alpha value is -2.58. The second-order valence-corrected chi connectivity index (χ2v) is 5.50. The highest BCUT2D eigenvalue weighted by Gasteiger charge is 2.14. The van der Waals surface area contributed by atoms with Crippen LogP contribution in [0.5, 0.6) is 0 Å². The van der Waals surface area contributed by atoms with E-state index in [0.717, 1.165) is 10.9 Å². The molecule has 1 aromatic carbocycles. The summed E-state index contributed by atoms with van der Waals surface area (Å²) in [4.78, 5) is 27.4. The molecule has 0 fully saturated rings. The number of hydrogen-bond acceptors (Lipinski definition) is 5. The molecule has 136 valence electrons. The minimum Gasteiger partial charge on any atom is -0.423 e. The van der Waals surface area contributed by atoms with Crippen molar-refractivity contribution >= 4 is 40.9 Å². The third-order valence-electron chi connectivity index (χ3n) is 3.52. The van der Waals surface area contributed by atoms with Gasteiger partial charge in [-0.15, -0.1) is 12.4 Å². The van der Waals surface area contributed by atoms with Crippen LogP contribution in [0.2, 0.25) is 0 Å². The molecule has 0 saturated heterocycles. The Morgan fingerprint density at radius 2 is 2.04 bits per heavy atom. The number of aryl methyl sites for hydroxylation is 1. The standard InChI is InChI=1S/C16H21N5O3.ClH/c1-9-7-14(22)24-13-8-10(4-5-11(9)13)21-15(23)12(17)3-2-6-20-16(18)19;/h4-5,7-8,12H,2-3,6,17H2,1H3,(H,21,23)(H4,18,19,20);1H/t12-;/m0./s1. The van der Waals surface area contributed by atoms with Gasteiger partial charge in [-0.25, -0.2) is 4.79 Å². The van der Waals surface area contributed by atoms with Crippen LogP contribution >= 0.6 is 12.4 Å². The number of amides is 1. The van der Waals surface area contributed by atoms with Crippen molar-refractivity contribution in [3.05, 3.63) is 40.2 Å². The zero-order valence-electron chi connectivity index (χ0n) is 13.8. The molecule has 25 heavy (non-hydrogen) atoms. The Kier molecular flexibility index (Phi) is 7.41. The van der Waals surface area contributed by atoms with Crippen LogP contribution in [0.25, 0.3) is 11.0 Å². The fourth-order valence-electron chi connectivity index (χ4n) is 2.29. The van der Waals surface area contributed by atoms with Crippen molar-refractivity contribution in [3.63, 3.8) is 0 Å². The molecule has 1 heterocycles. The number of aliphatic imine (C=N–C) groups is 1. The van der Waals surface area contributed by atoms with Crippen molar-refractivity contribution in [1.82, 2.24) is 0 Å². The van der Waals surface area contributed by atoms with Crippen molar-refractivity contribution in [1.29, 1.82) is 0 Å². The highest BCUT2D eigenvalue weighted by atomic mass is 35.5. The molecule has 2 rings (SSSR count). The summed E-state index contributed by atoms with van der Waals surface area (Å²) >= 11 is 0. The second-order valence-electron chi connectivity index (χ2n) is 5.50. The molecule has 1 aromatic heterocycles. The number of nitrogens with one attached hydrogen (secondary N) is 1. The minimum absolute atomic E-state index is 0. The quantitative estimate of drug-likeness (QED) is 0.257. The van der Waals surface area contributed by atoms with E-state index in [1.54, 1.807) is 18.2 Å². The summed E-state index contributed by atoms with van der Waals surface area (Å²) in [5, 5.41) is 3.53. The van der Waals surface area contributed by atoms with E-state index in [9.17, 15) is 9.59 Å². The summed E-state index contributed by atoms with van der Waals surface area (Å²) in [6.45, 7) is 2.24. The maximum Gasteiger partial charge on any atom is 0.336 e. The van der Waals surface area contributed by atoms with Crippen LogP contribution in [0, 0.1) is 6.92 Å². The number of fused-ring (bicyclic) bond motifs is 1. The van der Waals surface area contributed by atoms with Gasteiger partial charge in [-0.05, 0) is 37.5 Å². The van der Waals surface area contributed by atoms with Crippen molar-refractivity contribution in [2.75, 3.05) is 11.9 Å². The molecule has 0 aliphatic rings. The second kappa shape index (κ2) is 9.05. The van der Waals surface area contributed by atoms with Gasteiger partial charge in [0.2, 0.25) is 5.91 Å². The smallest absolute Gasteiger partial charge is 0.336 e. The molecule has 9 heteroatoms. The molecule has 1 amide bonds. The predicted octanol–water partition coefficient (Wildman–Crippen LogP) is 0.843. The van der Waals surface area contributed by atoms with Gasteiger partial charge in [0.15, 0.2) is 5.96 Å². The number of carbonyl (C=O) groups excluding carboxylic acids is 1. The van der Waals surface area contributed by atoms with Crippen LogP contribution in [0.1, 0.15) is 18.4 Å². The monoisotopic (exact) mass is 367 g/mol. The summed E-state index contributed by atoms with van der Waals surface area (Å²) in [5.74, 6) is -0.310. The van der Waals surface area contributed by atoms with Crippen molar-refractivity contribution in [2.24, 2.45) is 22.2 Å². The lowest BCUT2D eigenvalue weighted by atomic mass is 10.1. The van der Waals surface area contributed by atoms with E-state index >= 15 is 0 Å². The van der Waals surface area contributed by atoms with Gasteiger partial charge in [0.25, 0.3) is 0 Å². The van der Waals surface area contributed by atoms with Gasteiger partial charge >= 0.3 is 5.63 Å². The Labute approximate surface area is 150 Å². The molecule has 0 radical (unpaired) electrons. The average molecular weight is 368 g/mol. The fourth-order valence-corrected chi connectivity index (χ4v) is 2.29. The van der Waals surface area contributed by atoms with Gasteiger partial charge in [-0.2, -0.15) is 0 Å². The van der Waals surface area contributed by atoms with Gasteiger partial charge in [0.05, 0.1) is 6.04 Å². The van der Waals surface area contributed by atoms with E-state index in [4.69, 9.17) is 21.6 Å². The van der Waals surface area contributed by atoms with E-state index in [-0.39, 0.29) is 24.3 Å². The van der Waals surface area contributed by atoms with E-state index < -0.39 is 11.7 Å². The first-order valence-corrected chi connectivity index (χ1v) is 7.53. The first-order valence-electron chi connectivity index (χ1n) is 7.53. The highest BCUT2D eigenvalue weighted by molar-refractivity contribution is 5.96. The van der Waals surface area contributed by atoms with Gasteiger partial charge in [-0.3, -0.25) is 9.79 Å². The molecule has 0 bridgehead atoms. The number of benzene rings is 1. The number of hydrogen-bond donors (Lipinski definition) is 4. The maximum atomic E-state index is 12.1. The number of guanidine groups is 1. The Bertz CT molecular complexity index is 830. The lowest BCUT2D eigenvalue weighted by Gasteiger charge is -2.12. The van der Waals surface area contributed by atoms with E-state index in [2.05, 4.69) is 10.3 Å². The molecule has 0 aliphatic heterocycles. The van der Waals surface area contributed by atoms with Crippen molar-refractivity contribution < 1.29 is 9.21 Å². The summed E-state index contributed by atoms with van der Waals surface area (Å²) in [6.07, 6.45) is 1.04. The summed E-state index contributed by atoms with van der Waals surface area (Å²) < 4.78 is 5.15. The van der Waals surface area contributed by atoms with Crippen LogP contribution < -0.4 is 28.1 Å². The summed E-state index contributed by atoms with van der Waals surface area (Å²) in [5.41, 5.74) is 17.6. The first kappa shape index (κ1) is 20.5. The molecule has 1 atom stereocenters. The number of nitrogens with zero attached hydrogens (tertiary/aromatic N) is 1. The lowest BCUT2D eigenvalue weighted by molar-refractivity contribution is -0.117. The van der Waals surface area contributed by atoms with Gasteiger partial charge < -0.3 is 26.9 Å². The molecule has 0 unspecified atom stereocenters. The Morgan fingerprint density at radius 1 is 1.32 bits per heavy atom. The molecule has 0 aliphatic carbocycles. The van der Waals surface area contributed by atoms with Gasteiger partial charge in [-0.1, -0.05) is 0 Å².